The predicted octanol–water partition coefficient (Wildman–Crippen LogP) is 2.43. The molecule has 1 rings (SSSR count). The Kier molecular flexibility index (Phi) is 2.97. The van der Waals surface area contributed by atoms with Gasteiger partial charge in [0.2, 0.25) is 0 Å². The van der Waals surface area contributed by atoms with Crippen molar-refractivity contribution in [1.82, 2.24) is 4.98 Å². The van der Waals surface area contributed by atoms with E-state index in [1.54, 1.807) is 6.20 Å². The molecule has 54 valence electrons. The lowest BCUT2D eigenvalue weighted by Gasteiger charge is -1.97. The zero-order chi connectivity index (χ0) is 7.40. The third kappa shape index (κ3) is 2.54. The summed E-state index contributed by atoms with van der Waals surface area (Å²) in [6.45, 7) is 0. The van der Waals surface area contributed by atoms with Gasteiger partial charge in [0, 0.05) is 18.3 Å². The number of rotatable bonds is 2. The zero-order valence-electron chi connectivity index (χ0n) is 5.30. The first-order valence-electron chi connectivity index (χ1n) is 2.97. The third-order valence-corrected chi connectivity index (χ3v) is 1.40. The van der Waals surface area contributed by atoms with Crippen LogP contribution in [0.15, 0.2) is 24.4 Å². The van der Waals surface area contributed by atoms with Crippen LogP contribution in [0, 0.1) is 0 Å². The van der Waals surface area contributed by atoms with Crippen LogP contribution in [-0.2, 0) is 6.42 Å². The van der Waals surface area contributed by atoms with Crippen LogP contribution in [0.25, 0.3) is 0 Å². The maximum absolute atomic E-state index is 5.54. The summed E-state index contributed by atoms with van der Waals surface area (Å²) in [6, 6.07) is 5.68. The highest BCUT2D eigenvalue weighted by Crippen LogP contribution is 2.08. The first-order chi connectivity index (χ1) is 4.79. The smallest absolute Gasteiger partial charge is 0.113 e. The fourth-order valence-electron chi connectivity index (χ4n) is 0.677. The number of aromatic nitrogens is 1. The molecule has 0 aliphatic heterocycles. The number of halogens is 2. The molecule has 1 heterocycles. The molecule has 0 spiro atoms. The lowest BCUT2D eigenvalue weighted by molar-refractivity contribution is 1.00. The Morgan fingerprint density at radius 3 is 2.70 bits per heavy atom. The summed E-state index contributed by atoms with van der Waals surface area (Å²) in [5.74, 6) is 0. The van der Waals surface area contributed by atoms with Gasteiger partial charge in [0.05, 0.1) is 0 Å². The summed E-state index contributed by atoms with van der Waals surface area (Å²) in [5.41, 5.74) is 0.928. The van der Waals surface area contributed by atoms with Gasteiger partial charge in [-0.3, -0.25) is 4.98 Å². The van der Waals surface area contributed by atoms with Crippen molar-refractivity contribution in [1.29, 1.82) is 0 Å². The zero-order valence-corrected chi connectivity index (χ0v) is 6.81. The van der Waals surface area contributed by atoms with Crippen LogP contribution >= 0.6 is 23.2 Å². The molecule has 0 N–H and O–H groups in total. The average Bonchev–Trinajstić information content (AvgIpc) is 1.88. The van der Waals surface area contributed by atoms with E-state index in [0.717, 1.165) is 5.69 Å². The van der Waals surface area contributed by atoms with Gasteiger partial charge < -0.3 is 0 Å². The molecule has 0 fully saturated rings. The fourth-order valence-corrected chi connectivity index (χ4v) is 0.993. The van der Waals surface area contributed by atoms with Gasteiger partial charge in [0.25, 0.3) is 0 Å². The number of hydrogen-bond donors (Lipinski definition) is 0. The molecule has 1 aromatic rings. The van der Waals surface area contributed by atoms with Crippen LogP contribution < -0.4 is 0 Å². The Balaban J connectivity index is 2.59. The van der Waals surface area contributed by atoms with Crippen molar-refractivity contribution in [3.63, 3.8) is 0 Å². The van der Waals surface area contributed by atoms with Crippen LogP contribution in [0.5, 0.6) is 0 Å². The van der Waals surface area contributed by atoms with E-state index in [1.165, 1.54) is 0 Å². The number of hydrogen-bond acceptors (Lipinski definition) is 1. The van der Waals surface area contributed by atoms with Gasteiger partial charge in [-0.15, -0.1) is 23.2 Å². The number of pyridine rings is 1. The molecule has 3 heteroatoms. The summed E-state index contributed by atoms with van der Waals surface area (Å²) >= 11 is 11.1. The van der Waals surface area contributed by atoms with Gasteiger partial charge in [0.1, 0.15) is 4.84 Å². The van der Waals surface area contributed by atoms with Gasteiger partial charge in [-0.05, 0) is 12.1 Å². The lowest BCUT2D eigenvalue weighted by Crippen LogP contribution is -1.95. The third-order valence-electron chi connectivity index (χ3n) is 1.09. The quantitative estimate of drug-likeness (QED) is 0.630. The normalized spacial score (nSPS) is 10.3. The molecule has 10 heavy (non-hydrogen) atoms. The Morgan fingerprint density at radius 2 is 2.20 bits per heavy atom. The van der Waals surface area contributed by atoms with Gasteiger partial charge in [0.15, 0.2) is 0 Å². The summed E-state index contributed by atoms with van der Waals surface area (Å²) in [4.78, 5) is 3.70. The molecular weight excluding hydrogens is 169 g/mol. The van der Waals surface area contributed by atoms with E-state index in [9.17, 15) is 0 Å². The van der Waals surface area contributed by atoms with E-state index in [0.29, 0.717) is 6.42 Å². The topological polar surface area (TPSA) is 12.9 Å². The van der Waals surface area contributed by atoms with E-state index < -0.39 is 0 Å². The second-order valence-electron chi connectivity index (χ2n) is 1.92. The van der Waals surface area contributed by atoms with Gasteiger partial charge in [-0.1, -0.05) is 6.07 Å². The van der Waals surface area contributed by atoms with Gasteiger partial charge in [-0.25, -0.2) is 0 Å². The molecule has 0 atom stereocenters. The first-order valence-corrected chi connectivity index (χ1v) is 3.84. The molecule has 1 nitrogen and oxygen atoms in total. The maximum Gasteiger partial charge on any atom is 0.113 e. The predicted molar refractivity (Wildman–Crippen MR) is 43.4 cm³/mol. The number of alkyl halides is 2. The molecule has 0 aliphatic rings. The van der Waals surface area contributed by atoms with Crippen molar-refractivity contribution in [2.24, 2.45) is 0 Å². The Bertz CT molecular complexity index is 186. The number of nitrogens with zero attached hydrogens (tertiary/aromatic N) is 1. The monoisotopic (exact) mass is 175 g/mol. The molecule has 0 aliphatic carbocycles. The molecule has 1 aromatic heterocycles. The van der Waals surface area contributed by atoms with E-state index in [-0.39, 0.29) is 4.84 Å². The second kappa shape index (κ2) is 3.79. The summed E-state index contributed by atoms with van der Waals surface area (Å²) < 4.78 is 0. The first kappa shape index (κ1) is 7.83. The minimum atomic E-state index is -0.352. The lowest BCUT2D eigenvalue weighted by atomic mass is 10.3. The van der Waals surface area contributed by atoms with Gasteiger partial charge in [-0.2, -0.15) is 0 Å². The fraction of sp³-hybridized carbons (Fsp3) is 0.286. The molecule has 0 saturated heterocycles. The molecule has 0 aromatic carbocycles. The second-order valence-corrected chi connectivity index (χ2v) is 3.19. The average molecular weight is 176 g/mol. The Hall–Kier alpha value is -0.270. The minimum absolute atomic E-state index is 0.352. The van der Waals surface area contributed by atoms with Gasteiger partial charge >= 0.3 is 0 Å². The van der Waals surface area contributed by atoms with Crippen molar-refractivity contribution in [3.05, 3.63) is 30.1 Å². The summed E-state index contributed by atoms with van der Waals surface area (Å²) in [7, 11) is 0. The van der Waals surface area contributed by atoms with Crippen molar-refractivity contribution < 1.29 is 0 Å². The van der Waals surface area contributed by atoms with Crippen LogP contribution in [-0.4, -0.2) is 9.82 Å². The van der Waals surface area contributed by atoms with E-state index in [1.807, 2.05) is 18.2 Å². The molecular formula is C7H7Cl2N. The van der Waals surface area contributed by atoms with Crippen LogP contribution in [0.4, 0.5) is 0 Å². The SMILES string of the molecule is ClC(Cl)Cc1ccccn1. The van der Waals surface area contributed by atoms with Crippen LogP contribution in [0.1, 0.15) is 5.69 Å². The summed E-state index contributed by atoms with van der Waals surface area (Å²) in [6.07, 6.45) is 2.34. The van der Waals surface area contributed by atoms with E-state index in [2.05, 4.69) is 4.98 Å². The minimum Gasteiger partial charge on any atom is -0.261 e. The molecule has 0 saturated carbocycles. The van der Waals surface area contributed by atoms with Crippen molar-refractivity contribution in [3.8, 4) is 0 Å². The largest absolute Gasteiger partial charge is 0.261 e. The highest BCUT2D eigenvalue weighted by molar-refractivity contribution is 6.44. The highest BCUT2D eigenvalue weighted by atomic mass is 35.5. The van der Waals surface area contributed by atoms with Crippen LogP contribution in [0.3, 0.4) is 0 Å². The van der Waals surface area contributed by atoms with E-state index >= 15 is 0 Å². The van der Waals surface area contributed by atoms with Crippen molar-refractivity contribution in [2.45, 2.75) is 11.3 Å². The molecule has 0 unspecified atom stereocenters. The maximum atomic E-state index is 5.54. The highest BCUT2D eigenvalue weighted by Gasteiger charge is 1.99. The van der Waals surface area contributed by atoms with Crippen molar-refractivity contribution >= 4 is 23.2 Å². The van der Waals surface area contributed by atoms with Crippen LogP contribution in [0.2, 0.25) is 0 Å². The molecule has 0 radical (unpaired) electrons. The standard InChI is InChI=1S/C7H7Cl2N/c8-7(9)5-6-3-1-2-4-10-6/h1-4,7H,5H2. The Labute approximate surface area is 70.0 Å². The van der Waals surface area contributed by atoms with Crippen molar-refractivity contribution in [2.75, 3.05) is 0 Å². The molecule has 0 bridgehead atoms. The Morgan fingerprint density at radius 1 is 1.40 bits per heavy atom. The molecule has 0 amide bonds. The van der Waals surface area contributed by atoms with E-state index in [4.69, 9.17) is 23.2 Å². The summed E-state index contributed by atoms with van der Waals surface area (Å²) in [5, 5.41) is 0.